The van der Waals surface area contributed by atoms with Gasteiger partial charge >= 0.3 is 5.97 Å². The number of carboxylic acids is 1. The maximum Gasteiger partial charge on any atom is 0.325 e. The van der Waals surface area contributed by atoms with Gasteiger partial charge in [0, 0.05) is 12.7 Å². The van der Waals surface area contributed by atoms with Crippen molar-refractivity contribution >= 4 is 27.8 Å². The Morgan fingerprint density at radius 1 is 1.38 bits per heavy atom. The lowest BCUT2D eigenvalue weighted by Crippen LogP contribution is -2.24. The van der Waals surface area contributed by atoms with E-state index in [9.17, 15) is 13.2 Å². The molecule has 1 aromatic heterocycles. The molecule has 0 unspecified atom stereocenters. The van der Waals surface area contributed by atoms with E-state index in [1.165, 1.54) is 6.20 Å². The number of hydrogen-bond donors (Lipinski definition) is 2. The molecule has 0 fully saturated rings. The minimum atomic E-state index is -3.60. The number of nitrogens with zero attached hydrogens (tertiary/aromatic N) is 2. The zero-order valence-electron chi connectivity index (χ0n) is 12.0. The zero-order valence-corrected chi connectivity index (χ0v) is 13.6. The molecule has 21 heavy (non-hydrogen) atoms. The van der Waals surface area contributed by atoms with E-state index >= 15 is 0 Å². The van der Waals surface area contributed by atoms with Crippen molar-refractivity contribution in [3.63, 3.8) is 0 Å². The van der Waals surface area contributed by atoms with Crippen LogP contribution in [0.25, 0.3) is 0 Å². The largest absolute Gasteiger partial charge is 0.480 e. The van der Waals surface area contributed by atoms with Gasteiger partial charge in [-0.15, -0.1) is 0 Å². The Bertz CT molecular complexity index is 542. The predicted molar refractivity (Wildman–Crippen MR) is 81.9 cm³/mol. The molecular weight excluding hydrogens is 314 g/mol. The maximum absolute atomic E-state index is 12.0. The minimum absolute atomic E-state index is 0.00821. The molecule has 2 N–H and O–H groups in total. The number of hydrogen-bond acceptors (Lipinski definition) is 5. The summed E-state index contributed by atoms with van der Waals surface area (Å²) in [5.74, 6) is 0.0642. The summed E-state index contributed by atoms with van der Waals surface area (Å²) in [5.41, 5.74) is 0. The first-order valence-electron chi connectivity index (χ1n) is 6.68. The Morgan fingerprint density at radius 2 is 2.10 bits per heavy atom. The van der Waals surface area contributed by atoms with Crippen LogP contribution in [0, 0.1) is 0 Å². The highest BCUT2D eigenvalue weighted by Crippen LogP contribution is 2.08. The summed E-state index contributed by atoms with van der Waals surface area (Å²) in [5, 5.41) is 12.3. The van der Waals surface area contributed by atoms with Gasteiger partial charge in [-0.3, -0.25) is 9.48 Å². The quantitative estimate of drug-likeness (QED) is 0.589. The van der Waals surface area contributed by atoms with Gasteiger partial charge in [0.15, 0.2) is 0 Å². The van der Waals surface area contributed by atoms with Gasteiger partial charge in [0.2, 0.25) is 10.0 Å². The monoisotopic (exact) mass is 335 g/mol. The van der Waals surface area contributed by atoms with Gasteiger partial charge in [0.1, 0.15) is 11.4 Å². The van der Waals surface area contributed by atoms with E-state index in [1.807, 2.05) is 11.8 Å². The molecule has 0 aromatic carbocycles. The van der Waals surface area contributed by atoms with Crippen molar-refractivity contribution in [1.29, 1.82) is 0 Å². The summed E-state index contributed by atoms with van der Waals surface area (Å²) in [6.45, 7) is 0.0245. The molecule has 0 saturated heterocycles. The van der Waals surface area contributed by atoms with E-state index in [0.29, 0.717) is 6.54 Å². The fraction of sp³-hybridized carbons (Fsp3) is 0.667. The average molecular weight is 335 g/mol. The molecular formula is C12H21N3O4S2. The number of sulfonamides is 1. The Kier molecular flexibility index (Phi) is 7.76. The summed E-state index contributed by atoms with van der Waals surface area (Å²) in [7, 11) is -3.60. The van der Waals surface area contributed by atoms with Gasteiger partial charge in [-0.1, -0.05) is 12.8 Å². The fourth-order valence-electron chi connectivity index (χ4n) is 1.72. The molecule has 1 aromatic rings. The molecule has 0 amide bonds. The molecule has 0 atom stereocenters. The number of carbonyl (C=O) groups is 1. The van der Waals surface area contributed by atoms with Crippen molar-refractivity contribution in [2.45, 2.75) is 37.1 Å². The second kappa shape index (κ2) is 9.06. The summed E-state index contributed by atoms with van der Waals surface area (Å²) >= 11 is 1.81. The number of nitrogens with one attached hydrogen (secondary N) is 1. The molecule has 7 nitrogen and oxygen atoms in total. The number of carboxylic acid groups (broad SMARTS) is 1. The second-order valence-corrected chi connectivity index (χ2v) is 7.32. The third-order valence-electron chi connectivity index (χ3n) is 2.78. The smallest absolute Gasteiger partial charge is 0.325 e. The lowest BCUT2D eigenvalue weighted by molar-refractivity contribution is -0.137. The van der Waals surface area contributed by atoms with Gasteiger partial charge in [-0.25, -0.2) is 13.1 Å². The van der Waals surface area contributed by atoms with Crippen molar-refractivity contribution in [1.82, 2.24) is 14.5 Å². The van der Waals surface area contributed by atoms with Crippen LogP contribution in [0.15, 0.2) is 17.3 Å². The highest BCUT2D eigenvalue weighted by atomic mass is 32.2. The lowest BCUT2D eigenvalue weighted by atomic mass is 10.2. The third-order valence-corrected chi connectivity index (χ3v) is 4.90. The van der Waals surface area contributed by atoms with E-state index in [-0.39, 0.29) is 11.4 Å². The summed E-state index contributed by atoms with van der Waals surface area (Å²) in [4.78, 5) is 10.5. The van der Waals surface area contributed by atoms with Gasteiger partial charge < -0.3 is 5.11 Å². The molecule has 0 aliphatic heterocycles. The third kappa shape index (κ3) is 6.96. The van der Waals surface area contributed by atoms with E-state index in [2.05, 4.69) is 16.1 Å². The van der Waals surface area contributed by atoms with Crippen LogP contribution in [-0.4, -0.2) is 47.8 Å². The normalized spacial score (nSPS) is 11.7. The SMILES string of the molecule is CSCCCCCCNS(=O)(=O)c1cnn(CC(=O)O)c1. The van der Waals surface area contributed by atoms with Gasteiger partial charge in [-0.05, 0) is 24.9 Å². The standard InChI is InChI=1S/C12H21N3O4S2/c1-20-7-5-3-2-4-6-14-21(18,19)11-8-13-15(9-11)10-12(16)17/h8-9,14H,2-7,10H2,1H3,(H,16,17). The van der Waals surface area contributed by atoms with Crippen molar-refractivity contribution in [2.24, 2.45) is 0 Å². The minimum Gasteiger partial charge on any atom is -0.480 e. The van der Waals surface area contributed by atoms with E-state index in [0.717, 1.165) is 42.3 Å². The van der Waals surface area contributed by atoms with Crippen LogP contribution in [-0.2, 0) is 21.4 Å². The fourth-order valence-corrected chi connectivity index (χ4v) is 3.24. The topological polar surface area (TPSA) is 101 Å². The van der Waals surface area contributed by atoms with Crippen molar-refractivity contribution in [3.8, 4) is 0 Å². The molecule has 120 valence electrons. The Labute approximate surface area is 129 Å². The summed E-state index contributed by atoms with van der Waals surface area (Å²) in [6.07, 6.45) is 8.46. The zero-order chi connectivity index (χ0) is 15.7. The lowest BCUT2D eigenvalue weighted by Gasteiger charge is -2.04. The molecule has 1 heterocycles. The first kappa shape index (κ1) is 18.0. The molecule has 0 spiro atoms. The molecule has 1 rings (SSSR count). The maximum atomic E-state index is 12.0. The van der Waals surface area contributed by atoms with Gasteiger partial charge in [0.25, 0.3) is 0 Å². The highest BCUT2D eigenvalue weighted by molar-refractivity contribution is 7.98. The first-order chi connectivity index (χ1) is 9.95. The van der Waals surface area contributed by atoms with Crippen molar-refractivity contribution in [3.05, 3.63) is 12.4 Å². The number of aliphatic carboxylic acids is 1. The van der Waals surface area contributed by atoms with Crippen LogP contribution in [0.2, 0.25) is 0 Å². The summed E-state index contributed by atoms with van der Waals surface area (Å²) in [6, 6.07) is 0. The summed E-state index contributed by atoms with van der Waals surface area (Å²) < 4.78 is 27.5. The second-order valence-electron chi connectivity index (χ2n) is 4.57. The van der Waals surface area contributed by atoms with Crippen molar-refractivity contribution in [2.75, 3.05) is 18.6 Å². The molecule has 0 aliphatic rings. The molecule has 0 aliphatic carbocycles. The molecule has 0 bridgehead atoms. The first-order valence-corrected chi connectivity index (χ1v) is 9.56. The Balaban J connectivity index is 2.36. The van der Waals surface area contributed by atoms with Gasteiger partial charge in [0.05, 0.1) is 6.20 Å². The van der Waals surface area contributed by atoms with Crippen LogP contribution < -0.4 is 4.72 Å². The van der Waals surface area contributed by atoms with Crippen LogP contribution >= 0.6 is 11.8 Å². The Morgan fingerprint density at radius 3 is 2.76 bits per heavy atom. The molecule has 9 heteroatoms. The van der Waals surface area contributed by atoms with Crippen LogP contribution in [0.5, 0.6) is 0 Å². The van der Waals surface area contributed by atoms with E-state index in [4.69, 9.17) is 5.11 Å². The predicted octanol–water partition coefficient (Wildman–Crippen LogP) is 1.17. The van der Waals surface area contributed by atoms with Crippen molar-refractivity contribution < 1.29 is 18.3 Å². The highest BCUT2D eigenvalue weighted by Gasteiger charge is 2.16. The Hall–Kier alpha value is -1.06. The number of thioether (sulfide) groups is 1. The van der Waals surface area contributed by atoms with E-state index in [1.54, 1.807) is 0 Å². The van der Waals surface area contributed by atoms with Crippen LogP contribution in [0.1, 0.15) is 25.7 Å². The molecule has 0 saturated carbocycles. The number of rotatable bonds is 11. The van der Waals surface area contributed by atoms with E-state index < -0.39 is 16.0 Å². The molecule has 0 radical (unpaired) electrons. The average Bonchev–Trinajstić information content (AvgIpc) is 2.86. The van der Waals surface area contributed by atoms with Gasteiger partial charge in [-0.2, -0.15) is 16.9 Å². The number of unbranched alkanes of at least 4 members (excludes halogenated alkanes) is 3. The number of aromatic nitrogens is 2. The van der Waals surface area contributed by atoms with Crippen LogP contribution in [0.4, 0.5) is 0 Å². The van der Waals surface area contributed by atoms with Crippen LogP contribution in [0.3, 0.4) is 0 Å².